The van der Waals surface area contributed by atoms with Crippen LogP contribution in [-0.2, 0) is 11.3 Å². The first kappa shape index (κ1) is 17.0. The molecule has 2 atom stereocenters. The lowest BCUT2D eigenvalue weighted by atomic mass is 10.0. The summed E-state index contributed by atoms with van der Waals surface area (Å²) in [5, 5.41) is 13.8. The molecule has 0 aromatic heterocycles. The van der Waals surface area contributed by atoms with Gasteiger partial charge in [0, 0.05) is 5.56 Å². The highest BCUT2D eigenvalue weighted by Gasteiger charge is 2.37. The van der Waals surface area contributed by atoms with Gasteiger partial charge in [-0.05, 0) is 57.7 Å². The Labute approximate surface area is 143 Å². The number of aliphatic hydroxyl groups is 1. The Morgan fingerprint density at radius 3 is 2.61 bits per heavy atom. The van der Waals surface area contributed by atoms with Crippen molar-refractivity contribution in [3.63, 3.8) is 0 Å². The fraction of sp³-hybridized carbons (Fsp3) is 0.667. The van der Waals surface area contributed by atoms with Gasteiger partial charge in [-0.2, -0.15) is 0 Å². The van der Waals surface area contributed by atoms with E-state index in [9.17, 15) is 5.11 Å². The van der Waals surface area contributed by atoms with Crippen LogP contribution in [0.25, 0.3) is 0 Å². The van der Waals surface area contributed by atoms with Gasteiger partial charge in [0.2, 0.25) is 0 Å². The van der Waals surface area contributed by atoms with E-state index in [0.29, 0.717) is 23.5 Å². The lowest BCUT2D eigenvalue weighted by molar-refractivity contribution is 0.0280. The zero-order chi connectivity index (χ0) is 16.4. The van der Waals surface area contributed by atoms with E-state index in [1.165, 1.54) is 0 Å². The summed E-state index contributed by atoms with van der Waals surface area (Å²) in [6, 6.07) is 5.71. The van der Waals surface area contributed by atoms with E-state index in [4.69, 9.17) is 21.1 Å². The summed E-state index contributed by atoms with van der Waals surface area (Å²) in [7, 11) is 0. The minimum absolute atomic E-state index is 0.204. The predicted octanol–water partition coefficient (Wildman–Crippen LogP) is 3.00. The highest BCUT2D eigenvalue weighted by molar-refractivity contribution is 6.32. The molecule has 23 heavy (non-hydrogen) atoms. The molecule has 3 rings (SSSR count). The molecule has 1 heterocycles. The Morgan fingerprint density at radius 2 is 1.96 bits per heavy atom. The number of rotatable bonds is 6. The Balaban J connectivity index is 1.56. The Bertz CT molecular complexity index is 532. The van der Waals surface area contributed by atoms with Gasteiger partial charge < -0.3 is 19.9 Å². The second-order valence-electron chi connectivity index (χ2n) is 7.41. The van der Waals surface area contributed by atoms with Crippen molar-refractivity contribution in [2.75, 3.05) is 19.7 Å². The second kappa shape index (κ2) is 6.98. The summed E-state index contributed by atoms with van der Waals surface area (Å²) in [5.74, 6) is 2.15. The molecule has 0 radical (unpaired) electrons. The number of benzene rings is 1. The van der Waals surface area contributed by atoms with Crippen LogP contribution in [0.15, 0.2) is 18.2 Å². The van der Waals surface area contributed by atoms with Crippen LogP contribution >= 0.6 is 11.6 Å². The first-order valence-corrected chi connectivity index (χ1v) is 8.75. The maximum Gasteiger partial charge on any atom is 0.138 e. The molecular formula is C18H26ClNO3. The van der Waals surface area contributed by atoms with Gasteiger partial charge in [0.15, 0.2) is 0 Å². The first-order chi connectivity index (χ1) is 10.9. The molecule has 2 aliphatic rings. The molecule has 1 aromatic rings. The van der Waals surface area contributed by atoms with Crippen LogP contribution in [-0.4, -0.2) is 36.5 Å². The number of hydrogen-bond acceptors (Lipinski definition) is 4. The van der Waals surface area contributed by atoms with E-state index >= 15 is 0 Å². The van der Waals surface area contributed by atoms with Gasteiger partial charge in [0.1, 0.15) is 12.4 Å². The van der Waals surface area contributed by atoms with E-state index in [0.717, 1.165) is 43.3 Å². The molecule has 4 nitrogen and oxygen atoms in total. The third kappa shape index (κ3) is 4.38. The third-order valence-electron chi connectivity index (χ3n) is 4.71. The van der Waals surface area contributed by atoms with Crippen molar-refractivity contribution < 1.29 is 14.6 Å². The van der Waals surface area contributed by atoms with E-state index < -0.39 is 5.60 Å². The van der Waals surface area contributed by atoms with Crippen molar-refractivity contribution in [2.24, 2.45) is 11.8 Å². The average Bonchev–Trinajstić information content (AvgIpc) is 3.05. The lowest BCUT2D eigenvalue weighted by Gasteiger charge is -2.19. The Hall–Kier alpha value is -0.810. The highest BCUT2D eigenvalue weighted by atomic mass is 35.5. The van der Waals surface area contributed by atoms with Crippen molar-refractivity contribution in [1.82, 2.24) is 5.32 Å². The van der Waals surface area contributed by atoms with Crippen LogP contribution in [0, 0.1) is 11.8 Å². The SMILES string of the molecule is CC(C)(O)COc1cccc(COC2CC3CNCC3C2)c1Cl. The zero-order valence-corrected chi connectivity index (χ0v) is 14.6. The fourth-order valence-electron chi connectivity index (χ4n) is 3.49. The van der Waals surface area contributed by atoms with E-state index in [1.807, 2.05) is 18.2 Å². The molecule has 1 saturated carbocycles. The van der Waals surface area contributed by atoms with E-state index in [-0.39, 0.29) is 6.61 Å². The fourth-order valence-corrected chi connectivity index (χ4v) is 3.72. The first-order valence-electron chi connectivity index (χ1n) is 8.37. The van der Waals surface area contributed by atoms with Crippen LogP contribution in [0.1, 0.15) is 32.3 Å². The zero-order valence-electron chi connectivity index (χ0n) is 13.8. The maximum absolute atomic E-state index is 9.77. The summed E-state index contributed by atoms with van der Waals surface area (Å²) in [5.41, 5.74) is 0.0565. The highest BCUT2D eigenvalue weighted by Crippen LogP contribution is 2.37. The molecule has 2 fully saturated rings. The quantitative estimate of drug-likeness (QED) is 0.836. The van der Waals surface area contributed by atoms with Crippen LogP contribution in [0.3, 0.4) is 0 Å². The van der Waals surface area contributed by atoms with Gasteiger partial charge in [-0.15, -0.1) is 0 Å². The van der Waals surface area contributed by atoms with Crippen molar-refractivity contribution in [3.05, 3.63) is 28.8 Å². The van der Waals surface area contributed by atoms with Gasteiger partial charge >= 0.3 is 0 Å². The molecule has 1 aliphatic carbocycles. The smallest absolute Gasteiger partial charge is 0.138 e. The molecule has 1 aliphatic heterocycles. The molecular weight excluding hydrogens is 314 g/mol. The summed E-state index contributed by atoms with van der Waals surface area (Å²) in [6.45, 7) is 6.39. The number of nitrogens with one attached hydrogen (secondary N) is 1. The lowest BCUT2D eigenvalue weighted by Crippen LogP contribution is -2.28. The second-order valence-corrected chi connectivity index (χ2v) is 7.79. The minimum Gasteiger partial charge on any atom is -0.489 e. The summed E-state index contributed by atoms with van der Waals surface area (Å²) in [4.78, 5) is 0. The molecule has 2 unspecified atom stereocenters. The number of hydrogen-bond donors (Lipinski definition) is 2. The van der Waals surface area contributed by atoms with Gasteiger partial charge in [-0.1, -0.05) is 23.7 Å². The monoisotopic (exact) mass is 339 g/mol. The van der Waals surface area contributed by atoms with Crippen molar-refractivity contribution >= 4 is 11.6 Å². The van der Waals surface area contributed by atoms with E-state index in [2.05, 4.69) is 5.32 Å². The predicted molar refractivity (Wildman–Crippen MR) is 90.9 cm³/mol. The van der Waals surface area contributed by atoms with Gasteiger partial charge in [-0.3, -0.25) is 0 Å². The van der Waals surface area contributed by atoms with Crippen molar-refractivity contribution in [1.29, 1.82) is 0 Å². The Kier molecular flexibility index (Phi) is 5.16. The molecule has 1 aromatic carbocycles. The number of halogens is 1. The Morgan fingerprint density at radius 1 is 1.26 bits per heavy atom. The van der Waals surface area contributed by atoms with Crippen molar-refractivity contribution in [2.45, 2.75) is 45.0 Å². The molecule has 0 spiro atoms. The van der Waals surface area contributed by atoms with Gasteiger partial charge in [0.05, 0.1) is 23.3 Å². The largest absolute Gasteiger partial charge is 0.489 e. The van der Waals surface area contributed by atoms with Crippen LogP contribution in [0.2, 0.25) is 5.02 Å². The third-order valence-corrected chi connectivity index (χ3v) is 5.14. The minimum atomic E-state index is -0.883. The maximum atomic E-state index is 9.77. The molecule has 1 saturated heterocycles. The topological polar surface area (TPSA) is 50.7 Å². The van der Waals surface area contributed by atoms with Gasteiger partial charge in [-0.25, -0.2) is 0 Å². The molecule has 2 N–H and O–H groups in total. The molecule has 0 bridgehead atoms. The van der Waals surface area contributed by atoms with Crippen LogP contribution in [0.4, 0.5) is 0 Å². The molecule has 128 valence electrons. The normalized spacial score (nSPS) is 27.2. The van der Waals surface area contributed by atoms with Gasteiger partial charge in [0.25, 0.3) is 0 Å². The standard InChI is InChI=1S/C18H26ClNO3/c1-18(2,21)11-23-16-5-3-4-12(17(16)19)10-22-15-6-13-8-20-9-14(13)7-15/h3-5,13-15,20-21H,6-11H2,1-2H3. The van der Waals surface area contributed by atoms with Crippen LogP contribution in [0.5, 0.6) is 5.75 Å². The van der Waals surface area contributed by atoms with Crippen molar-refractivity contribution in [3.8, 4) is 5.75 Å². The summed E-state index contributed by atoms with van der Waals surface area (Å²) in [6.07, 6.45) is 2.62. The summed E-state index contributed by atoms with van der Waals surface area (Å²) < 4.78 is 11.7. The molecule has 5 heteroatoms. The average molecular weight is 340 g/mol. The number of ether oxygens (including phenoxy) is 2. The summed E-state index contributed by atoms with van der Waals surface area (Å²) >= 11 is 6.42. The molecule has 0 amide bonds. The van der Waals surface area contributed by atoms with Crippen LogP contribution < -0.4 is 10.1 Å². The number of fused-ring (bicyclic) bond motifs is 1. The van der Waals surface area contributed by atoms with E-state index in [1.54, 1.807) is 13.8 Å².